The monoisotopic (exact) mass is 232 g/mol. The van der Waals surface area contributed by atoms with Crippen LogP contribution in [0.25, 0.3) is 0 Å². The molecule has 0 bridgehead atoms. The highest BCUT2D eigenvalue weighted by Crippen LogP contribution is 2.22. The Bertz CT molecular complexity index is 544. The number of nitrogens with two attached hydrogens (primary N) is 3. The van der Waals surface area contributed by atoms with Gasteiger partial charge in [-0.3, -0.25) is 9.89 Å². The van der Waals surface area contributed by atoms with Crippen molar-refractivity contribution in [1.29, 1.82) is 0 Å². The second kappa shape index (κ2) is 4.05. The second-order valence-electron chi connectivity index (χ2n) is 3.47. The van der Waals surface area contributed by atoms with Gasteiger partial charge in [-0.1, -0.05) is 0 Å². The molecule has 88 valence electrons. The summed E-state index contributed by atoms with van der Waals surface area (Å²) in [5.74, 6) is -0.218. The lowest BCUT2D eigenvalue weighted by atomic mass is 10.2. The zero-order valence-electron chi connectivity index (χ0n) is 8.90. The molecule has 1 amide bonds. The fourth-order valence-electron chi connectivity index (χ4n) is 1.40. The smallest absolute Gasteiger partial charge is 0.256 e. The third kappa shape index (κ3) is 2.12. The van der Waals surface area contributed by atoms with Gasteiger partial charge in [-0.25, -0.2) is 0 Å². The van der Waals surface area contributed by atoms with E-state index in [1.807, 2.05) is 0 Å². The number of nitrogens with zero attached hydrogens (tertiary/aromatic N) is 1. The van der Waals surface area contributed by atoms with Crippen molar-refractivity contribution in [2.24, 2.45) is 5.73 Å². The van der Waals surface area contributed by atoms with Crippen LogP contribution in [0.1, 0.15) is 10.4 Å². The summed E-state index contributed by atoms with van der Waals surface area (Å²) in [7, 11) is 0. The highest BCUT2D eigenvalue weighted by molar-refractivity contribution is 6.02. The van der Waals surface area contributed by atoms with Crippen molar-refractivity contribution in [1.82, 2.24) is 10.2 Å². The molecule has 1 heterocycles. The van der Waals surface area contributed by atoms with Gasteiger partial charge in [0.1, 0.15) is 11.4 Å². The molecule has 0 saturated carbocycles. The number of primary amides is 1. The highest BCUT2D eigenvalue weighted by Gasteiger charge is 2.16. The summed E-state index contributed by atoms with van der Waals surface area (Å²) < 4.78 is 0. The number of anilines is 4. The van der Waals surface area contributed by atoms with Gasteiger partial charge in [0.05, 0.1) is 0 Å². The van der Waals surface area contributed by atoms with Gasteiger partial charge in [-0.2, -0.15) is 5.10 Å². The molecule has 0 spiro atoms. The van der Waals surface area contributed by atoms with E-state index in [-0.39, 0.29) is 11.4 Å². The van der Waals surface area contributed by atoms with Crippen molar-refractivity contribution < 1.29 is 4.79 Å². The number of nitrogen functional groups attached to an aromatic ring is 2. The number of nitrogens with one attached hydrogen (secondary N) is 2. The molecule has 0 fully saturated rings. The second-order valence-corrected chi connectivity index (χ2v) is 3.47. The average Bonchev–Trinajstić information content (AvgIpc) is 2.63. The predicted molar refractivity (Wildman–Crippen MR) is 65.7 cm³/mol. The van der Waals surface area contributed by atoms with Crippen LogP contribution in [0.4, 0.5) is 23.0 Å². The molecule has 0 aliphatic rings. The Labute approximate surface area is 97.0 Å². The molecular weight excluding hydrogens is 220 g/mol. The summed E-state index contributed by atoms with van der Waals surface area (Å²) in [6, 6.07) is 6.96. The number of hydrogen-bond acceptors (Lipinski definition) is 5. The number of aromatic amines is 1. The van der Waals surface area contributed by atoms with Crippen LogP contribution in [0.15, 0.2) is 24.3 Å². The molecule has 7 nitrogen and oxygen atoms in total. The third-order valence-electron chi connectivity index (χ3n) is 2.21. The lowest BCUT2D eigenvalue weighted by molar-refractivity contribution is 0.100. The Morgan fingerprint density at radius 2 is 1.88 bits per heavy atom. The summed E-state index contributed by atoms with van der Waals surface area (Å²) in [4.78, 5) is 11.2. The van der Waals surface area contributed by atoms with Crippen molar-refractivity contribution in [3.63, 3.8) is 0 Å². The molecule has 0 aliphatic carbocycles. The van der Waals surface area contributed by atoms with Crippen molar-refractivity contribution in [3.8, 4) is 0 Å². The normalized spacial score (nSPS) is 10.1. The number of aromatic nitrogens is 2. The third-order valence-corrected chi connectivity index (χ3v) is 2.21. The Morgan fingerprint density at radius 3 is 2.47 bits per heavy atom. The summed E-state index contributed by atoms with van der Waals surface area (Å²) in [5, 5.41) is 9.27. The van der Waals surface area contributed by atoms with E-state index in [9.17, 15) is 4.79 Å². The van der Waals surface area contributed by atoms with Crippen molar-refractivity contribution in [3.05, 3.63) is 29.8 Å². The zero-order valence-corrected chi connectivity index (χ0v) is 8.90. The molecule has 0 saturated heterocycles. The van der Waals surface area contributed by atoms with Gasteiger partial charge in [-0.15, -0.1) is 0 Å². The average molecular weight is 232 g/mol. The Morgan fingerprint density at radius 1 is 1.24 bits per heavy atom. The van der Waals surface area contributed by atoms with E-state index in [4.69, 9.17) is 17.2 Å². The van der Waals surface area contributed by atoms with Gasteiger partial charge >= 0.3 is 0 Å². The summed E-state index contributed by atoms with van der Waals surface area (Å²) in [5.41, 5.74) is 17.8. The first-order valence-electron chi connectivity index (χ1n) is 4.84. The summed E-state index contributed by atoms with van der Waals surface area (Å²) in [6.07, 6.45) is 0. The van der Waals surface area contributed by atoms with Crippen molar-refractivity contribution in [2.45, 2.75) is 0 Å². The number of hydrogen-bond donors (Lipinski definition) is 5. The minimum absolute atomic E-state index is 0.135. The van der Waals surface area contributed by atoms with E-state index < -0.39 is 5.91 Å². The number of carbonyl (C=O) groups is 1. The molecule has 2 aromatic rings. The fourth-order valence-corrected chi connectivity index (χ4v) is 1.40. The van der Waals surface area contributed by atoms with Gasteiger partial charge in [0, 0.05) is 11.4 Å². The zero-order chi connectivity index (χ0) is 12.4. The van der Waals surface area contributed by atoms with E-state index in [0.29, 0.717) is 11.5 Å². The molecule has 0 radical (unpaired) electrons. The lowest BCUT2D eigenvalue weighted by Gasteiger charge is -2.04. The number of rotatable bonds is 3. The van der Waals surface area contributed by atoms with Crippen LogP contribution >= 0.6 is 0 Å². The molecule has 8 N–H and O–H groups in total. The minimum Gasteiger partial charge on any atom is -0.399 e. The molecule has 17 heavy (non-hydrogen) atoms. The molecule has 0 atom stereocenters. The molecule has 2 rings (SSSR count). The van der Waals surface area contributed by atoms with E-state index >= 15 is 0 Å². The Hall–Kier alpha value is -2.70. The van der Waals surface area contributed by atoms with Crippen LogP contribution in [-0.4, -0.2) is 16.1 Å². The van der Waals surface area contributed by atoms with E-state index in [2.05, 4.69) is 15.5 Å². The maximum absolute atomic E-state index is 11.2. The molecule has 7 heteroatoms. The van der Waals surface area contributed by atoms with Gasteiger partial charge in [0.25, 0.3) is 5.91 Å². The molecular formula is C10H12N6O. The van der Waals surface area contributed by atoms with Gasteiger partial charge in [0.15, 0.2) is 5.82 Å². The maximum Gasteiger partial charge on any atom is 0.256 e. The number of H-pyrrole nitrogens is 1. The Balaban J connectivity index is 2.30. The number of amides is 1. The SMILES string of the molecule is NC(=O)c1c(Nc2ccc(N)cc2)n[nH]c1N. The number of carbonyl (C=O) groups excluding carboxylic acids is 1. The topological polar surface area (TPSA) is 136 Å². The van der Waals surface area contributed by atoms with E-state index in [1.54, 1.807) is 24.3 Å². The standard InChI is InChI=1S/C10H12N6O/c11-5-1-3-6(4-2-5)14-10-7(9(13)17)8(12)15-16-10/h1-4H,11H2,(H2,13,17)(H4,12,14,15,16). The van der Waals surface area contributed by atoms with Crippen LogP contribution in [0, 0.1) is 0 Å². The fraction of sp³-hybridized carbons (Fsp3) is 0. The number of benzene rings is 1. The molecule has 1 aromatic carbocycles. The highest BCUT2D eigenvalue weighted by atomic mass is 16.1. The van der Waals surface area contributed by atoms with E-state index in [1.165, 1.54) is 0 Å². The maximum atomic E-state index is 11.2. The van der Waals surface area contributed by atoms with E-state index in [0.717, 1.165) is 5.69 Å². The summed E-state index contributed by atoms with van der Waals surface area (Å²) >= 11 is 0. The predicted octanol–water partition coefficient (Wildman–Crippen LogP) is 0.417. The molecule has 0 unspecified atom stereocenters. The van der Waals surface area contributed by atoms with Gasteiger partial charge in [-0.05, 0) is 24.3 Å². The Kier molecular flexibility index (Phi) is 2.57. The first kappa shape index (κ1) is 10.8. The first-order valence-corrected chi connectivity index (χ1v) is 4.84. The van der Waals surface area contributed by atoms with Crippen LogP contribution in [0.3, 0.4) is 0 Å². The van der Waals surface area contributed by atoms with Crippen molar-refractivity contribution >= 4 is 28.9 Å². The van der Waals surface area contributed by atoms with Crippen LogP contribution in [-0.2, 0) is 0 Å². The molecule has 0 aliphatic heterocycles. The lowest BCUT2D eigenvalue weighted by Crippen LogP contribution is -2.14. The minimum atomic E-state index is -0.644. The molecule has 1 aromatic heterocycles. The van der Waals surface area contributed by atoms with Gasteiger partial charge < -0.3 is 22.5 Å². The quantitative estimate of drug-likeness (QED) is 0.488. The van der Waals surface area contributed by atoms with Gasteiger partial charge in [0.2, 0.25) is 0 Å². The summed E-state index contributed by atoms with van der Waals surface area (Å²) in [6.45, 7) is 0. The van der Waals surface area contributed by atoms with Crippen molar-refractivity contribution in [2.75, 3.05) is 16.8 Å². The first-order chi connectivity index (χ1) is 8.08. The largest absolute Gasteiger partial charge is 0.399 e. The van der Waals surface area contributed by atoms with Crippen LogP contribution < -0.4 is 22.5 Å². The van der Waals surface area contributed by atoms with Crippen LogP contribution in [0.2, 0.25) is 0 Å². The van der Waals surface area contributed by atoms with Crippen LogP contribution in [0.5, 0.6) is 0 Å².